The third kappa shape index (κ3) is 7.15. The van der Waals surface area contributed by atoms with E-state index in [0.29, 0.717) is 51.9 Å². The van der Waals surface area contributed by atoms with Gasteiger partial charge in [-0.05, 0) is 67.5 Å². The molecule has 7 nitrogen and oxygen atoms in total. The van der Waals surface area contributed by atoms with Crippen molar-refractivity contribution in [2.75, 3.05) is 17.2 Å². The van der Waals surface area contributed by atoms with Crippen LogP contribution < -0.4 is 10.3 Å². The fourth-order valence-corrected chi connectivity index (χ4v) is 6.81. The van der Waals surface area contributed by atoms with Gasteiger partial charge in [0, 0.05) is 22.6 Å². The van der Waals surface area contributed by atoms with Gasteiger partial charge < -0.3 is 5.48 Å². The predicted octanol–water partition coefficient (Wildman–Crippen LogP) is 7.98. The minimum Gasteiger partial charge on any atom is -0.412 e. The van der Waals surface area contributed by atoms with Crippen LogP contribution in [-0.4, -0.2) is 46.7 Å². The number of nitrogens with one attached hydrogen (secondary N) is 1. The number of thioether (sulfide) groups is 1. The fourth-order valence-electron chi connectivity index (χ4n) is 5.60. The first-order valence-electron chi connectivity index (χ1n) is 14.8. The maximum absolute atomic E-state index is 14.1. The Hall–Kier alpha value is -3.56. The van der Waals surface area contributed by atoms with Crippen LogP contribution in [0.3, 0.4) is 0 Å². The van der Waals surface area contributed by atoms with Gasteiger partial charge in [0.2, 0.25) is 5.96 Å². The van der Waals surface area contributed by atoms with E-state index in [9.17, 15) is 18.4 Å². The minimum absolute atomic E-state index is 0. The predicted molar refractivity (Wildman–Crippen MR) is 177 cm³/mol. The fraction of sp³-hybridized carbons (Fsp3) is 0.364. The van der Waals surface area contributed by atoms with Crippen LogP contribution in [-0.2, 0) is 6.18 Å². The van der Waals surface area contributed by atoms with Crippen molar-refractivity contribution in [1.82, 2.24) is 10.4 Å². The average molecular weight is 657 g/mol. The summed E-state index contributed by atoms with van der Waals surface area (Å²) >= 11 is 8.49. The number of fused-ring (bicyclic) bond motifs is 3. The van der Waals surface area contributed by atoms with E-state index < -0.39 is 11.7 Å². The van der Waals surface area contributed by atoms with Crippen molar-refractivity contribution in [2.45, 2.75) is 69.7 Å². The molecule has 2 aliphatic rings. The lowest BCUT2D eigenvalue weighted by molar-refractivity contribution is -0.137. The molecule has 0 bridgehead atoms. The summed E-state index contributed by atoms with van der Waals surface area (Å²) in [5, 5.41) is 12.3. The Morgan fingerprint density at radius 2 is 1.80 bits per heavy atom. The largest absolute Gasteiger partial charge is 0.416 e. The second-order valence-electron chi connectivity index (χ2n) is 10.7. The van der Waals surface area contributed by atoms with Crippen molar-refractivity contribution in [3.8, 4) is 6.07 Å². The number of hydrazine groups is 1. The van der Waals surface area contributed by atoms with Gasteiger partial charge in [0.05, 0.1) is 45.3 Å². The highest BCUT2D eigenvalue weighted by atomic mass is 35.5. The van der Waals surface area contributed by atoms with E-state index in [2.05, 4.69) is 30.4 Å². The molecular weight excluding hydrogens is 621 g/mol. The highest BCUT2D eigenvalue weighted by molar-refractivity contribution is 7.99. The van der Waals surface area contributed by atoms with E-state index >= 15 is 0 Å². The van der Waals surface area contributed by atoms with Crippen molar-refractivity contribution >= 4 is 46.4 Å². The van der Waals surface area contributed by atoms with Crippen molar-refractivity contribution in [2.24, 2.45) is 9.98 Å². The molecule has 0 saturated carbocycles. The molecular formula is C33H36ClF3N6OS. The number of alkyl halides is 3. The molecule has 0 radical (unpaired) electrons. The summed E-state index contributed by atoms with van der Waals surface area (Å²) in [4.78, 5) is 13.0. The highest BCUT2D eigenvalue weighted by Gasteiger charge is 2.46. The van der Waals surface area contributed by atoms with Crippen molar-refractivity contribution in [3.63, 3.8) is 0 Å². The van der Waals surface area contributed by atoms with Gasteiger partial charge in [-0.2, -0.15) is 23.4 Å². The lowest BCUT2D eigenvalue weighted by Crippen LogP contribution is -2.48. The molecule has 2 aliphatic heterocycles. The van der Waals surface area contributed by atoms with Gasteiger partial charge >= 0.3 is 6.18 Å². The molecule has 5 rings (SSSR count). The molecule has 3 aromatic rings. The average Bonchev–Trinajstić information content (AvgIpc) is 3.27. The van der Waals surface area contributed by atoms with Crippen LogP contribution >= 0.6 is 23.4 Å². The van der Waals surface area contributed by atoms with E-state index in [1.807, 2.05) is 42.2 Å². The van der Waals surface area contributed by atoms with E-state index in [0.717, 1.165) is 36.8 Å². The van der Waals surface area contributed by atoms with E-state index in [1.54, 1.807) is 12.1 Å². The van der Waals surface area contributed by atoms with Crippen LogP contribution in [0.2, 0.25) is 5.02 Å². The summed E-state index contributed by atoms with van der Waals surface area (Å²) in [7, 11) is 0. The summed E-state index contributed by atoms with van der Waals surface area (Å²) in [5.74, 6) is 1.26. The van der Waals surface area contributed by atoms with Gasteiger partial charge in [0.25, 0.3) is 0 Å². The number of para-hydroxylation sites is 1. The first-order chi connectivity index (χ1) is 21.2. The van der Waals surface area contributed by atoms with Crippen LogP contribution in [0.1, 0.15) is 68.7 Å². The number of hydrogen-bond donors (Lipinski definition) is 1. The lowest BCUT2D eigenvalue weighted by Gasteiger charge is -2.32. The number of rotatable bonds is 9. The Labute approximate surface area is 271 Å². The SMILES string of the molecule is CCCSc1ccc(C(F)(F)F)cc1C1=NC(CCC)C2N(CCC)NC(=Nc3ccccc3)N2c2cc(C#N)cc(Cl)c21.O. The molecule has 45 heavy (non-hydrogen) atoms. The Morgan fingerprint density at radius 1 is 1.04 bits per heavy atom. The molecule has 12 heteroatoms. The molecule has 3 aromatic carbocycles. The number of halogens is 4. The number of guanidine groups is 1. The third-order valence-corrected chi connectivity index (χ3v) is 9.03. The monoisotopic (exact) mass is 656 g/mol. The maximum Gasteiger partial charge on any atom is 0.416 e. The molecule has 3 N–H and O–H groups in total. The molecule has 0 spiro atoms. The van der Waals surface area contributed by atoms with Crippen molar-refractivity contribution in [1.29, 1.82) is 5.26 Å². The number of anilines is 1. The molecule has 1 saturated heterocycles. The molecule has 0 amide bonds. The quantitative estimate of drug-likeness (QED) is 0.236. The molecule has 2 atom stereocenters. The third-order valence-electron chi connectivity index (χ3n) is 7.45. The number of aliphatic imine (C=N–C) groups is 2. The Balaban J connectivity index is 0.00000461. The first-order valence-corrected chi connectivity index (χ1v) is 16.2. The summed E-state index contributed by atoms with van der Waals surface area (Å²) in [6.07, 6.45) is -1.75. The highest BCUT2D eigenvalue weighted by Crippen LogP contribution is 2.42. The topological polar surface area (TPSA) is 98.5 Å². The van der Waals surface area contributed by atoms with Crippen LogP contribution in [0.15, 0.2) is 75.5 Å². The van der Waals surface area contributed by atoms with Gasteiger partial charge in [-0.1, -0.05) is 57.0 Å². The Bertz CT molecular complexity index is 1610. The summed E-state index contributed by atoms with van der Waals surface area (Å²) < 4.78 is 42.3. The maximum atomic E-state index is 14.1. The molecule has 2 unspecified atom stereocenters. The lowest BCUT2D eigenvalue weighted by atomic mass is 9.97. The summed E-state index contributed by atoms with van der Waals surface area (Å²) in [5.41, 5.74) is 5.61. The minimum atomic E-state index is -4.54. The number of hydrogen-bond acceptors (Lipinski definition) is 5. The molecule has 2 heterocycles. The van der Waals surface area contributed by atoms with E-state index in [4.69, 9.17) is 21.6 Å². The van der Waals surface area contributed by atoms with Crippen LogP contribution in [0.5, 0.6) is 0 Å². The van der Waals surface area contributed by atoms with Crippen molar-refractivity contribution in [3.05, 3.63) is 87.9 Å². The van der Waals surface area contributed by atoms with Gasteiger partial charge in [0.15, 0.2) is 0 Å². The van der Waals surface area contributed by atoms with E-state index in [-0.39, 0.29) is 22.7 Å². The van der Waals surface area contributed by atoms with Gasteiger partial charge in [0.1, 0.15) is 6.17 Å². The van der Waals surface area contributed by atoms with Gasteiger partial charge in [-0.25, -0.2) is 4.99 Å². The van der Waals surface area contributed by atoms with E-state index in [1.165, 1.54) is 23.9 Å². The molecule has 0 aliphatic carbocycles. The zero-order valence-corrected chi connectivity index (χ0v) is 26.9. The molecule has 238 valence electrons. The van der Waals surface area contributed by atoms with Gasteiger partial charge in [-0.15, -0.1) is 11.8 Å². The van der Waals surface area contributed by atoms with Crippen LogP contribution in [0.4, 0.5) is 24.5 Å². The Morgan fingerprint density at radius 3 is 2.44 bits per heavy atom. The zero-order valence-electron chi connectivity index (χ0n) is 25.3. The first kappa shape index (κ1) is 34.3. The number of nitrogens with zero attached hydrogens (tertiary/aromatic N) is 5. The van der Waals surface area contributed by atoms with Crippen molar-refractivity contribution < 1.29 is 18.6 Å². The number of nitriles is 1. The van der Waals surface area contributed by atoms with Crippen LogP contribution in [0, 0.1) is 11.3 Å². The normalized spacial score (nSPS) is 18.8. The smallest absolute Gasteiger partial charge is 0.412 e. The number of benzene rings is 3. The summed E-state index contributed by atoms with van der Waals surface area (Å²) in [6, 6.07) is 18.5. The second kappa shape index (κ2) is 14.7. The Kier molecular flexibility index (Phi) is 11.2. The second-order valence-corrected chi connectivity index (χ2v) is 12.3. The standard InChI is InChI=1S/C33H34ClF3N6S.H2O/c1-4-10-26-31-42(15-5-2)41-32(39-23-11-8-7-9-12-23)43(31)27-18-21(20-38)17-25(34)29(27)30(40-26)24-19-22(33(35,36)37)13-14-28(24)44-16-6-3;/h7-9,11-14,17-19,26,31H,4-6,10,15-16H2,1-3H3,(H,39,41);1H2. The molecule has 1 fully saturated rings. The van der Waals surface area contributed by atoms with Crippen LogP contribution in [0.25, 0.3) is 0 Å². The summed E-state index contributed by atoms with van der Waals surface area (Å²) in [6.45, 7) is 6.85. The van der Waals surface area contributed by atoms with Gasteiger partial charge in [-0.3, -0.25) is 15.3 Å². The zero-order chi connectivity index (χ0) is 31.4. The molecule has 0 aromatic heterocycles.